The van der Waals surface area contributed by atoms with Crippen molar-refractivity contribution in [3.05, 3.63) is 101 Å². The number of phenolic OH excluding ortho intramolecular Hbond substituents is 1. The summed E-state index contributed by atoms with van der Waals surface area (Å²) in [5, 5.41) is 10.8. The second-order valence-electron chi connectivity index (χ2n) is 6.67. The van der Waals surface area contributed by atoms with Crippen molar-refractivity contribution in [2.24, 2.45) is 0 Å². The van der Waals surface area contributed by atoms with E-state index in [1.807, 2.05) is 54.6 Å². The van der Waals surface area contributed by atoms with Crippen LogP contribution in [0.4, 0.5) is 0 Å². The smallest absolute Gasteiger partial charge is 0.273 e. The minimum Gasteiger partial charge on any atom is -0.507 e. The molecule has 1 heterocycles. The number of benzene rings is 3. The van der Waals surface area contributed by atoms with Gasteiger partial charge in [-0.1, -0.05) is 54.6 Å². The summed E-state index contributed by atoms with van der Waals surface area (Å²) < 4.78 is 0. The molecule has 6 nitrogen and oxygen atoms in total. The van der Waals surface area contributed by atoms with Crippen LogP contribution >= 0.6 is 0 Å². The van der Waals surface area contributed by atoms with E-state index in [0.29, 0.717) is 12.0 Å². The predicted molar refractivity (Wildman–Crippen MR) is 111 cm³/mol. The van der Waals surface area contributed by atoms with Crippen LogP contribution in [0.25, 0.3) is 10.9 Å². The van der Waals surface area contributed by atoms with E-state index < -0.39 is 11.8 Å². The van der Waals surface area contributed by atoms with Gasteiger partial charge in [-0.3, -0.25) is 20.4 Å². The first-order valence-corrected chi connectivity index (χ1v) is 9.14. The molecule has 0 aliphatic heterocycles. The van der Waals surface area contributed by atoms with Gasteiger partial charge in [0.2, 0.25) is 0 Å². The van der Waals surface area contributed by atoms with Crippen molar-refractivity contribution in [2.75, 3.05) is 0 Å². The molecule has 0 radical (unpaired) electrons. The Labute approximate surface area is 167 Å². The molecular weight excluding hydrogens is 366 g/mol. The number of rotatable bonds is 4. The van der Waals surface area contributed by atoms with Gasteiger partial charge in [0, 0.05) is 17.1 Å². The number of hydrogen-bond acceptors (Lipinski definition) is 3. The summed E-state index contributed by atoms with van der Waals surface area (Å²) >= 11 is 0. The van der Waals surface area contributed by atoms with Crippen LogP contribution in [0, 0.1) is 0 Å². The summed E-state index contributed by atoms with van der Waals surface area (Å²) in [5.74, 6) is -1.19. The van der Waals surface area contributed by atoms with Crippen molar-refractivity contribution < 1.29 is 14.7 Å². The molecule has 0 saturated carbocycles. The quantitative estimate of drug-likeness (QED) is 0.405. The van der Waals surface area contributed by atoms with Gasteiger partial charge in [-0.25, -0.2) is 0 Å². The number of amides is 2. The maximum absolute atomic E-state index is 12.5. The number of phenols is 1. The van der Waals surface area contributed by atoms with Crippen molar-refractivity contribution in [2.45, 2.75) is 6.42 Å². The highest BCUT2D eigenvalue weighted by Gasteiger charge is 2.16. The number of hydrazine groups is 1. The Morgan fingerprint density at radius 3 is 2.28 bits per heavy atom. The topological polar surface area (TPSA) is 94.2 Å². The fourth-order valence-electron chi connectivity index (χ4n) is 3.21. The van der Waals surface area contributed by atoms with Gasteiger partial charge in [-0.05, 0) is 35.7 Å². The fourth-order valence-corrected chi connectivity index (χ4v) is 3.21. The third-order valence-electron chi connectivity index (χ3n) is 4.68. The average molecular weight is 385 g/mol. The fraction of sp³-hybridized carbons (Fsp3) is 0.0435. The second-order valence-corrected chi connectivity index (χ2v) is 6.67. The molecule has 0 unspecified atom stereocenters. The van der Waals surface area contributed by atoms with E-state index in [4.69, 9.17) is 0 Å². The van der Waals surface area contributed by atoms with E-state index >= 15 is 0 Å². The highest BCUT2D eigenvalue weighted by molar-refractivity contribution is 6.07. The number of nitrogens with one attached hydrogen (secondary N) is 3. The summed E-state index contributed by atoms with van der Waals surface area (Å²) in [7, 11) is 0. The molecule has 6 heteroatoms. The lowest BCUT2D eigenvalue weighted by molar-refractivity contribution is 0.0846. The Bertz CT molecular complexity index is 1180. The molecule has 0 aliphatic rings. The lowest BCUT2D eigenvalue weighted by Crippen LogP contribution is -2.41. The molecule has 0 spiro atoms. The van der Waals surface area contributed by atoms with Crippen LogP contribution in [0.2, 0.25) is 0 Å². The van der Waals surface area contributed by atoms with Gasteiger partial charge in [-0.15, -0.1) is 0 Å². The first-order valence-electron chi connectivity index (χ1n) is 9.14. The third kappa shape index (κ3) is 3.96. The standard InChI is InChI=1S/C23H19N3O3/c27-21-11-10-16(12-15-6-2-1-3-7-15)13-18(21)22(28)25-26-23(29)19-14-24-20-9-5-4-8-17(19)20/h1-11,13-14,24,27H,12H2,(H,25,28)(H,26,29). The minimum atomic E-state index is -0.592. The molecule has 4 N–H and O–H groups in total. The van der Waals surface area contributed by atoms with E-state index in [0.717, 1.165) is 22.0 Å². The van der Waals surface area contributed by atoms with Gasteiger partial charge in [-0.2, -0.15) is 0 Å². The van der Waals surface area contributed by atoms with E-state index in [2.05, 4.69) is 15.8 Å². The summed E-state index contributed by atoms with van der Waals surface area (Å²) in [6, 6.07) is 22.1. The average Bonchev–Trinajstić information content (AvgIpc) is 3.18. The Kier molecular flexibility index (Phi) is 4.99. The molecule has 144 valence electrons. The normalized spacial score (nSPS) is 10.6. The third-order valence-corrected chi connectivity index (χ3v) is 4.68. The zero-order chi connectivity index (χ0) is 20.2. The first kappa shape index (κ1) is 18.3. The largest absolute Gasteiger partial charge is 0.507 e. The van der Waals surface area contributed by atoms with Crippen molar-refractivity contribution in [1.82, 2.24) is 15.8 Å². The maximum atomic E-state index is 12.5. The number of para-hydroxylation sites is 1. The Morgan fingerprint density at radius 2 is 1.48 bits per heavy atom. The van der Waals surface area contributed by atoms with Gasteiger partial charge in [0.1, 0.15) is 5.75 Å². The van der Waals surface area contributed by atoms with Crippen molar-refractivity contribution >= 4 is 22.7 Å². The van der Waals surface area contributed by atoms with Crippen LogP contribution in [0.1, 0.15) is 31.8 Å². The van der Waals surface area contributed by atoms with E-state index in [1.54, 1.807) is 18.3 Å². The molecule has 3 aromatic carbocycles. The van der Waals surface area contributed by atoms with Crippen molar-refractivity contribution in [1.29, 1.82) is 0 Å². The summed E-state index contributed by atoms with van der Waals surface area (Å²) in [6.45, 7) is 0. The Hall–Kier alpha value is -4.06. The number of aromatic hydroxyl groups is 1. The molecule has 29 heavy (non-hydrogen) atoms. The van der Waals surface area contributed by atoms with Gasteiger partial charge < -0.3 is 10.1 Å². The number of carbonyl (C=O) groups excluding carboxylic acids is 2. The molecule has 4 aromatic rings. The lowest BCUT2D eigenvalue weighted by atomic mass is 10.0. The molecule has 2 amide bonds. The zero-order valence-electron chi connectivity index (χ0n) is 15.5. The van der Waals surface area contributed by atoms with Crippen LogP contribution in [-0.2, 0) is 6.42 Å². The monoisotopic (exact) mass is 385 g/mol. The van der Waals surface area contributed by atoms with Crippen LogP contribution in [-0.4, -0.2) is 21.9 Å². The second kappa shape index (κ2) is 7.90. The molecule has 4 rings (SSSR count). The van der Waals surface area contributed by atoms with Crippen molar-refractivity contribution in [3.8, 4) is 5.75 Å². The zero-order valence-corrected chi connectivity index (χ0v) is 15.5. The molecule has 0 bridgehead atoms. The molecule has 1 aromatic heterocycles. The number of fused-ring (bicyclic) bond motifs is 1. The summed E-state index contributed by atoms with van der Waals surface area (Å²) in [6.07, 6.45) is 2.22. The summed E-state index contributed by atoms with van der Waals surface area (Å²) in [4.78, 5) is 28.0. The number of aromatic amines is 1. The van der Waals surface area contributed by atoms with E-state index in [1.165, 1.54) is 6.07 Å². The Morgan fingerprint density at radius 1 is 0.793 bits per heavy atom. The SMILES string of the molecule is O=C(NNC(=O)c1c[nH]c2ccccc12)c1cc(Cc2ccccc2)ccc1O. The highest BCUT2D eigenvalue weighted by atomic mass is 16.3. The number of aromatic nitrogens is 1. The maximum Gasteiger partial charge on any atom is 0.273 e. The van der Waals surface area contributed by atoms with Crippen molar-refractivity contribution in [3.63, 3.8) is 0 Å². The highest BCUT2D eigenvalue weighted by Crippen LogP contribution is 2.21. The van der Waals surface area contributed by atoms with Gasteiger partial charge >= 0.3 is 0 Å². The van der Waals surface area contributed by atoms with Crippen LogP contribution in [0.3, 0.4) is 0 Å². The lowest BCUT2D eigenvalue weighted by Gasteiger charge is -2.10. The van der Waals surface area contributed by atoms with Crippen LogP contribution in [0.5, 0.6) is 5.75 Å². The molecule has 0 atom stereocenters. The molecule has 0 fully saturated rings. The van der Waals surface area contributed by atoms with E-state index in [9.17, 15) is 14.7 Å². The first-order chi connectivity index (χ1) is 14.1. The van der Waals surface area contributed by atoms with E-state index in [-0.39, 0.29) is 11.3 Å². The number of hydrogen-bond donors (Lipinski definition) is 4. The van der Waals surface area contributed by atoms with Gasteiger partial charge in [0.15, 0.2) is 0 Å². The summed E-state index contributed by atoms with van der Waals surface area (Å²) in [5.41, 5.74) is 8.09. The molecule has 0 saturated heterocycles. The minimum absolute atomic E-state index is 0.0951. The van der Waals surface area contributed by atoms with Gasteiger partial charge in [0.05, 0.1) is 11.1 Å². The van der Waals surface area contributed by atoms with Gasteiger partial charge in [0.25, 0.3) is 11.8 Å². The molecule has 0 aliphatic carbocycles. The number of H-pyrrole nitrogens is 1. The Balaban J connectivity index is 1.46. The molecular formula is C23H19N3O3. The van der Waals surface area contributed by atoms with Crippen LogP contribution < -0.4 is 10.9 Å². The van der Waals surface area contributed by atoms with Crippen LogP contribution in [0.15, 0.2) is 79.0 Å². The number of carbonyl (C=O) groups is 2. The predicted octanol–water partition coefficient (Wildman–Crippen LogP) is 3.54.